The summed E-state index contributed by atoms with van der Waals surface area (Å²) < 4.78 is 7.59. The number of aromatic nitrogens is 2. The predicted octanol–water partition coefficient (Wildman–Crippen LogP) is 4.43. The highest BCUT2D eigenvalue weighted by Gasteiger charge is 2.13. The smallest absolute Gasteiger partial charge is 0.230 e. The van der Waals surface area contributed by atoms with E-state index in [-0.39, 0.29) is 0 Å². The van der Waals surface area contributed by atoms with Gasteiger partial charge in [0.25, 0.3) is 0 Å². The number of ether oxygens (including phenoxy) is 1. The molecular weight excluding hydrogens is 383 g/mol. The molecule has 2 heterocycles. The highest BCUT2D eigenvalue weighted by atomic mass is 35.5. The molecule has 7 heteroatoms. The third-order valence-electron chi connectivity index (χ3n) is 4.66. The maximum Gasteiger partial charge on any atom is 0.230 e. The lowest BCUT2D eigenvalue weighted by Crippen LogP contribution is -2.38. The quantitative estimate of drug-likeness (QED) is 0.592. The van der Waals surface area contributed by atoms with E-state index in [1.54, 1.807) is 18.3 Å². The highest BCUT2D eigenvalue weighted by Crippen LogP contribution is 2.23. The zero-order valence-corrected chi connectivity index (χ0v) is 16.3. The molecule has 4 rings (SSSR count). The number of hydrogen-bond donors (Lipinski definition) is 0. The van der Waals surface area contributed by atoms with Crippen LogP contribution in [0.5, 0.6) is 0 Å². The van der Waals surface area contributed by atoms with Crippen molar-refractivity contribution in [3.63, 3.8) is 0 Å². The van der Waals surface area contributed by atoms with Gasteiger partial charge in [-0.2, -0.15) is 0 Å². The summed E-state index contributed by atoms with van der Waals surface area (Å²) in [5.41, 5.74) is 2.83. The highest BCUT2D eigenvalue weighted by molar-refractivity contribution is 6.36. The Hall–Kier alpha value is -1.92. The van der Waals surface area contributed by atoms with E-state index in [2.05, 4.69) is 20.5 Å². The first kappa shape index (κ1) is 18.4. The first-order valence-electron chi connectivity index (χ1n) is 8.95. The van der Waals surface area contributed by atoms with Crippen LogP contribution in [0.15, 0.2) is 47.5 Å². The number of fused-ring (bicyclic) bond motifs is 1. The molecule has 0 unspecified atom stereocenters. The summed E-state index contributed by atoms with van der Waals surface area (Å²) in [4.78, 5) is 11.7. The molecule has 1 saturated heterocycles. The van der Waals surface area contributed by atoms with Crippen LogP contribution < -0.4 is 0 Å². The molecule has 27 heavy (non-hydrogen) atoms. The first-order valence-corrected chi connectivity index (χ1v) is 9.71. The lowest BCUT2D eigenvalue weighted by Gasteiger charge is -2.26. The van der Waals surface area contributed by atoms with E-state index in [1.165, 1.54) is 0 Å². The number of halogens is 2. The molecule has 5 nitrogen and oxygen atoms in total. The van der Waals surface area contributed by atoms with Crippen LogP contribution >= 0.6 is 23.2 Å². The summed E-state index contributed by atoms with van der Waals surface area (Å²) in [6, 6.07) is 13.5. The largest absolute Gasteiger partial charge is 0.379 e. The molecule has 0 radical (unpaired) electrons. The number of imidazole rings is 1. The number of aliphatic imine (C=N–C) groups is 1. The van der Waals surface area contributed by atoms with Gasteiger partial charge in [0.1, 0.15) is 0 Å². The second kappa shape index (κ2) is 8.40. The van der Waals surface area contributed by atoms with Gasteiger partial charge in [0.2, 0.25) is 5.95 Å². The van der Waals surface area contributed by atoms with E-state index < -0.39 is 0 Å². The fourth-order valence-corrected chi connectivity index (χ4v) is 3.64. The summed E-state index contributed by atoms with van der Waals surface area (Å²) in [6.45, 7) is 5.28. The van der Waals surface area contributed by atoms with Gasteiger partial charge in [-0.05, 0) is 24.3 Å². The van der Waals surface area contributed by atoms with Crippen LogP contribution in [0.3, 0.4) is 0 Å². The summed E-state index contributed by atoms with van der Waals surface area (Å²) in [7, 11) is 0. The Balaban J connectivity index is 1.61. The van der Waals surface area contributed by atoms with Crippen LogP contribution in [0.1, 0.15) is 5.56 Å². The molecule has 0 aliphatic carbocycles. The molecule has 0 N–H and O–H groups in total. The molecule has 1 aromatic heterocycles. The normalized spacial score (nSPS) is 15.8. The maximum atomic E-state index is 6.26. The van der Waals surface area contributed by atoms with Gasteiger partial charge in [-0.25, -0.2) is 9.98 Å². The van der Waals surface area contributed by atoms with E-state index in [4.69, 9.17) is 32.9 Å². The minimum absolute atomic E-state index is 0.572. The summed E-state index contributed by atoms with van der Waals surface area (Å²) in [6.07, 6.45) is 1.74. The average Bonchev–Trinajstić information content (AvgIpc) is 3.04. The molecule has 3 aromatic rings. The van der Waals surface area contributed by atoms with E-state index in [1.807, 2.05) is 24.3 Å². The van der Waals surface area contributed by atoms with Crippen molar-refractivity contribution in [3.05, 3.63) is 58.1 Å². The number of para-hydroxylation sites is 2. The Morgan fingerprint density at radius 2 is 1.89 bits per heavy atom. The molecule has 0 amide bonds. The Kier molecular flexibility index (Phi) is 5.74. The van der Waals surface area contributed by atoms with Crippen molar-refractivity contribution in [2.45, 2.75) is 6.54 Å². The van der Waals surface area contributed by atoms with Crippen molar-refractivity contribution in [2.24, 2.45) is 4.99 Å². The number of morpholine rings is 1. The molecule has 1 aliphatic rings. The van der Waals surface area contributed by atoms with Crippen LogP contribution in [0.25, 0.3) is 11.0 Å². The zero-order valence-electron chi connectivity index (χ0n) is 14.8. The molecule has 0 saturated carbocycles. The van der Waals surface area contributed by atoms with Crippen LogP contribution in [0.2, 0.25) is 10.0 Å². The van der Waals surface area contributed by atoms with Gasteiger partial charge in [0, 0.05) is 43.0 Å². The lowest BCUT2D eigenvalue weighted by molar-refractivity contribution is 0.0366. The van der Waals surface area contributed by atoms with E-state index in [0.29, 0.717) is 16.0 Å². The van der Waals surface area contributed by atoms with Crippen molar-refractivity contribution >= 4 is 46.4 Å². The van der Waals surface area contributed by atoms with E-state index in [0.717, 1.165) is 56.0 Å². The van der Waals surface area contributed by atoms with Crippen molar-refractivity contribution in [1.82, 2.24) is 14.5 Å². The topological polar surface area (TPSA) is 42.7 Å². The molecule has 0 bridgehead atoms. The van der Waals surface area contributed by atoms with Crippen LogP contribution in [0, 0.1) is 0 Å². The number of nitrogens with zero attached hydrogens (tertiary/aromatic N) is 4. The Morgan fingerprint density at radius 1 is 1.07 bits per heavy atom. The molecule has 2 aromatic carbocycles. The van der Waals surface area contributed by atoms with Gasteiger partial charge in [-0.3, -0.25) is 4.90 Å². The van der Waals surface area contributed by atoms with Gasteiger partial charge >= 0.3 is 0 Å². The van der Waals surface area contributed by atoms with Gasteiger partial charge in [0.15, 0.2) is 0 Å². The van der Waals surface area contributed by atoms with Crippen molar-refractivity contribution in [1.29, 1.82) is 0 Å². The monoisotopic (exact) mass is 402 g/mol. The molecule has 0 spiro atoms. The Morgan fingerprint density at radius 3 is 2.70 bits per heavy atom. The zero-order chi connectivity index (χ0) is 18.6. The van der Waals surface area contributed by atoms with Gasteiger partial charge in [-0.15, -0.1) is 0 Å². The Labute approximate surface area is 168 Å². The second-order valence-corrected chi connectivity index (χ2v) is 7.27. The molecular formula is C20H20Cl2N4O. The number of rotatable bonds is 5. The molecule has 1 fully saturated rings. The molecule has 0 atom stereocenters. The fourth-order valence-electron chi connectivity index (χ4n) is 3.18. The van der Waals surface area contributed by atoms with Crippen LogP contribution in [0.4, 0.5) is 5.95 Å². The Bertz CT molecular complexity index is 964. The van der Waals surface area contributed by atoms with Crippen molar-refractivity contribution in [2.75, 3.05) is 32.8 Å². The fraction of sp³-hybridized carbons (Fsp3) is 0.300. The second-order valence-electron chi connectivity index (χ2n) is 6.43. The van der Waals surface area contributed by atoms with E-state index in [9.17, 15) is 0 Å². The third kappa shape index (κ3) is 4.33. The van der Waals surface area contributed by atoms with Crippen LogP contribution in [-0.2, 0) is 11.3 Å². The number of hydrogen-bond acceptors (Lipinski definition) is 4. The molecule has 1 aliphatic heterocycles. The standard InChI is InChI=1S/C20H20Cl2N4O/c21-16-6-5-15(17(22)13-16)14-23-20-24-18-3-1-2-4-19(18)26(20)8-7-25-9-11-27-12-10-25/h1-6,13-14H,7-12H2. The third-order valence-corrected chi connectivity index (χ3v) is 5.22. The van der Waals surface area contributed by atoms with Crippen molar-refractivity contribution < 1.29 is 4.74 Å². The van der Waals surface area contributed by atoms with Gasteiger partial charge < -0.3 is 9.30 Å². The first-order chi connectivity index (χ1) is 13.2. The van der Waals surface area contributed by atoms with Crippen LogP contribution in [-0.4, -0.2) is 53.5 Å². The summed E-state index contributed by atoms with van der Waals surface area (Å²) in [5, 5.41) is 1.18. The summed E-state index contributed by atoms with van der Waals surface area (Å²) in [5.74, 6) is 0.676. The van der Waals surface area contributed by atoms with Gasteiger partial charge in [-0.1, -0.05) is 41.4 Å². The lowest BCUT2D eigenvalue weighted by atomic mass is 10.2. The molecule has 140 valence electrons. The maximum absolute atomic E-state index is 6.26. The average molecular weight is 403 g/mol. The predicted molar refractivity (Wildman–Crippen MR) is 111 cm³/mol. The van der Waals surface area contributed by atoms with Crippen molar-refractivity contribution in [3.8, 4) is 0 Å². The number of benzene rings is 2. The minimum atomic E-state index is 0.572. The van der Waals surface area contributed by atoms with Gasteiger partial charge in [0.05, 0.1) is 29.3 Å². The SMILES string of the molecule is Clc1ccc(C=Nc2nc3ccccc3n2CCN2CCOCC2)c(Cl)c1. The van der Waals surface area contributed by atoms with E-state index >= 15 is 0 Å². The minimum Gasteiger partial charge on any atom is -0.379 e. The summed E-state index contributed by atoms with van der Waals surface area (Å²) >= 11 is 12.2.